The average molecular weight is 305 g/mol. The molecule has 0 radical (unpaired) electrons. The van der Waals surface area contributed by atoms with Gasteiger partial charge in [0.2, 0.25) is 5.91 Å². The fourth-order valence-electron chi connectivity index (χ4n) is 2.72. The van der Waals surface area contributed by atoms with Crippen LogP contribution in [0.4, 0.5) is 5.69 Å². The van der Waals surface area contributed by atoms with Crippen molar-refractivity contribution in [3.63, 3.8) is 0 Å². The predicted octanol–water partition coefficient (Wildman–Crippen LogP) is 1.82. The molecule has 2 N–H and O–H groups in total. The second kappa shape index (κ2) is 6.57. The van der Waals surface area contributed by atoms with Crippen molar-refractivity contribution in [1.29, 1.82) is 0 Å². The molecule has 0 aromatic heterocycles. The Balaban J connectivity index is 1.92. The topological polar surface area (TPSA) is 55.8 Å². The lowest BCUT2D eigenvalue weighted by Gasteiger charge is -2.39. The number of anilines is 1. The Bertz CT molecular complexity index is 517. The van der Waals surface area contributed by atoms with Gasteiger partial charge in [-0.1, -0.05) is 12.1 Å². The number of nitrogens with zero attached hydrogens (tertiary/aromatic N) is 2. The molecule has 0 aliphatic carbocycles. The van der Waals surface area contributed by atoms with E-state index in [-0.39, 0.29) is 17.5 Å². The molecule has 1 saturated heterocycles. The number of rotatable bonds is 3. The average Bonchev–Trinajstić information content (AvgIpc) is 2.45. The van der Waals surface area contributed by atoms with E-state index in [1.54, 1.807) is 6.07 Å². The Kier molecular flexibility index (Phi) is 4.96. The van der Waals surface area contributed by atoms with Crippen molar-refractivity contribution in [3.8, 4) is 5.75 Å². The van der Waals surface area contributed by atoms with Crippen LogP contribution in [0.3, 0.4) is 0 Å². The van der Waals surface area contributed by atoms with Gasteiger partial charge in [-0.05, 0) is 39.8 Å². The van der Waals surface area contributed by atoms with Gasteiger partial charge in [0.15, 0.2) is 0 Å². The fraction of sp³-hybridized carbons (Fsp3) is 0.588. The van der Waals surface area contributed by atoms with Gasteiger partial charge in [-0.3, -0.25) is 9.69 Å². The number of nitrogens with one attached hydrogen (secondary N) is 1. The van der Waals surface area contributed by atoms with E-state index in [2.05, 4.69) is 15.1 Å². The summed E-state index contributed by atoms with van der Waals surface area (Å²) in [7, 11) is 0. The third-order valence-electron chi connectivity index (χ3n) is 3.96. The molecule has 5 heteroatoms. The molecule has 1 fully saturated rings. The summed E-state index contributed by atoms with van der Waals surface area (Å²) in [4.78, 5) is 16.6. The van der Waals surface area contributed by atoms with Crippen LogP contribution < -0.4 is 10.2 Å². The summed E-state index contributed by atoms with van der Waals surface area (Å²) in [6.45, 7) is 11.2. The maximum absolute atomic E-state index is 12.3. The van der Waals surface area contributed by atoms with Crippen molar-refractivity contribution >= 4 is 11.6 Å². The summed E-state index contributed by atoms with van der Waals surface area (Å²) in [5.74, 6) is 0.387. The van der Waals surface area contributed by atoms with E-state index in [9.17, 15) is 9.90 Å². The number of carbonyl (C=O) groups excluding carboxylic acids is 1. The molecule has 1 amide bonds. The fourth-order valence-corrected chi connectivity index (χ4v) is 2.72. The molecule has 0 saturated carbocycles. The van der Waals surface area contributed by atoms with Crippen LogP contribution in [-0.2, 0) is 4.79 Å². The van der Waals surface area contributed by atoms with E-state index in [4.69, 9.17) is 0 Å². The number of aromatic hydroxyl groups is 1. The minimum atomic E-state index is -0.205. The van der Waals surface area contributed by atoms with Crippen LogP contribution in [0.15, 0.2) is 24.3 Å². The van der Waals surface area contributed by atoms with Gasteiger partial charge in [0.25, 0.3) is 0 Å². The van der Waals surface area contributed by atoms with E-state index >= 15 is 0 Å². The van der Waals surface area contributed by atoms with Gasteiger partial charge in [0.1, 0.15) is 5.75 Å². The first kappa shape index (κ1) is 16.6. The molecule has 1 aliphatic rings. The highest BCUT2D eigenvalue weighted by Crippen LogP contribution is 2.27. The number of para-hydroxylation sites is 2. The summed E-state index contributed by atoms with van der Waals surface area (Å²) in [6.07, 6.45) is 0. The van der Waals surface area contributed by atoms with Crippen LogP contribution in [0.25, 0.3) is 0 Å². The lowest BCUT2D eigenvalue weighted by Crippen LogP contribution is -2.56. The number of amides is 1. The zero-order chi connectivity index (χ0) is 16.3. The van der Waals surface area contributed by atoms with Gasteiger partial charge in [-0.2, -0.15) is 0 Å². The minimum Gasteiger partial charge on any atom is -0.506 e. The normalized spacial score (nSPS) is 18.1. The Labute approximate surface area is 132 Å². The van der Waals surface area contributed by atoms with E-state index < -0.39 is 0 Å². The Morgan fingerprint density at radius 1 is 1.18 bits per heavy atom. The van der Waals surface area contributed by atoms with Crippen LogP contribution in [0.5, 0.6) is 5.75 Å². The molecule has 1 atom stereocenters. The third-order valence-corrected chi connectivity index (χ3v) is 3.96. The third kappa shape index (κ3) is 4.13. The van der Waals surface area contributed by atoms with Crippen LogP contribution in [-0.4, -0.2) is 53.7 Å². The van der Waals surface area contributed by atoms with Crippen LogP contribution in [0, 0.1) is 0 Å². The summed E-state index contributed by atoms with van der Waals surface area (Å²) in [5, 5.41) is 13.0. The molecule has 1 aromatic rings. The van der Waals surface area contributed by atoms with Crippen LogP contribution in [0.1, 0.15) is 27.7 Å². The van der Waals surface area contributed by atoms with Gasteiger partial charge in [0, 0.05) is 31.7 Å². The van der Waals surface area contributed by atoms with Crippen molar-refractivity contribution < 1.29 is 9.90 Å². The minimum absolute atomic E-state index is 0.0727. The van der Waals surface area contributed by atoms with Crippen molar-refractivity contribution in [1.82, 2.24) is 10.2 Å². The molecule has 22 heavy (non-hydrogen) atoms. The van der Waals surface area contributed by atoms with Crippen molar-refractivity contribution in [2.24, 2.45) is 0 Å². The SMILES string of the molecule is C[C@H](C(=O)NC(C)(C)C)N1CCN(c2ccccc2O)CC1. The highest BCUT2D eigenvalue weighted by molar-refractivity contribution is 5.82. The standard InChI is InChI=1S/C17H27N3O2/c1-13(16(22)18-17(2,3)4)19-9-11-20(12-10-19)14-7-5-6-8-15(14)21/h5-8,13,21H,9-12H2,1-4H3,(H,18,22)/t13-/m1/s1. The smallest absolute Gasteiger partial charge is 0.237 e. The first-order valence-corrected chi connectivity index (χ1v) is 7.87. The maximum Gasteiger partial charge on any atom is 0.237 e. The Hall–Kier alpha value is -1.75. The zero-order valence-corrected chi connectivity index (χ0v) is 14.0. The highest BCUT2D eigenvalue weighted by Gasteiger charge is 2.28. The number of carbonyl (C=O) groups is 1. The number of phenols is 1. The summed E-state index contributed by atoms with van der Waals surface area (Å²) in [6, 6.07) is 7.27. The van der Waals surface area contributed by atoms with E-state index in [1.165, 1.54) is 0 Å². The van der Waals surface area contributed by atoms with Crippen molar-refractivity contribution in [2.45, 2.75) is 39.3 Å². The Morgan fingerprint density at radius 3 is 2.32 bits per heavy atom. The molecule has 1 heterocycles. The molecular weight excluding hydrogens is 278 g/mol. The molecule has 0 bridgehead atoms. The lowest BCUT2D eigenvalue weighted by molar-refractivity contribution is -0.127. The molecule has 0 unspecified atom stereocenters. The molecule has 0 spiro atoms. The number of piperazine rings is 1. The first-order valence-electron chi connectivity index (χ1n) is 7.87. The molecule has 2 rings (SSSR count). The van der Waals surface area contributed by atoms with Gasteiger partial charge in [-0.25, -0.2) is 0 Å². The molecule has 1 aliphatic heterocycles. The van der Waals surface area contributed by atoms with Crippen LogP contribution in [0.2, 0.25) is 0 Å². The number of benzene rings is 1. The Morgan fingerprint density at radius 2 is 1.77 bits per heavy atom. The second-order valence-electron chi connectivity index (χ2n) is 6.93. The maximum atomic E-state index is 12.3. The largest absolute Gasteiger partial charge is 0.506 e. The quantitative estimate of drug-likeness (QED) is 0.894. The summed E-state index contributed by atoms with van der Waals surface area (Å²) < 4.78 is 0. The lowest BCUT2D eigenvalue weighted by atomic mass is 10.1. The summed E-state index contributed by atoms with van der Waals surface area (Å²) in [5.41, 5.74) is 0.664. The van der Waals surface area contributed by atoms with Crippen molar-refractivity contribution in [2.75, 3.05) is 31.1 Å². The van der Waals surface area contributed by atoms with Crippen molar-refractivity contribution in [3.05, 3.63) is 24.3 Å². The first-order chi connectivity index (χ1) is 10.3. The molecule has 122 valence electrons. The monoisotopic (exact) mass is 305 g/mol. The number of hydrogen-bond acceptors (Lipinski definition) is 4. The predicted molar refractivity (Wildman–Crippen MR) is 89.3 cm³/mol. The van der Waals surface area contributed by atoms with Crippen LogP contribution >= 0.6 is 0 Å². The number of hydrogen-bond donors (Lipinski definition) is 2. The van der Waals surface area contributed by atoms with Gasteiger partial charge < -0.3 is 15.3 Å². The van der Waals surface area contributed by atoms with Gasteiger partial charge >= 0.3 is 0 Å². The van der Waals surface area contributed by atoms with E-state index in [0.29, 0.717) is 5.75 Å². The molecule has 1 aromatic carbocycles. The molecular formula is C17H27N3O2. The van der Waals surface area contributed by atoms with Gasteiger partial charge in [-0.15, -0.1) is 0 Å². The van der Waals surface area contributed by atoms with Gasteiger partial charge in [0.05, 0.1) is 11.7 Å². The molecule has 5 nitrogen and oxygen atoms in total. The van der Waals surface area contributed by atoms with E-state index in [0.717, 1.165) is 31.9 Å². The van der Waals surface area contributed by atoms with E-state index in [1.807, 2.05) is 45.9 Å². The second-order valence-corrected chi connectivity index (χ2v) is 6.93. The summed E-state index contributed by atoms with van der Waals surface area (Å²) >= 11 is 0. The zero-order valence-electron chi connectivity index (χ0n) is 14.0. The highest BCUT2D eigenvalue weighted by atomic mass is 16.3. The number of phenolic OH excluding ortho intramolecular Hbond substituents is 1.